The third-order valence-corrected chi connectivity index (χ3v) is 7.57. The predicted molar refractivity (Wildman–Crippen MR) is 133 cm³/mol. The van der Waals surface area contributed by atoms with Gasteiger partial charge in [-0.25, -0.2) is 4.99 Å². The van der Waals surface area contributed by atoms with E-state index in [9.17, 15) is 19.7 Å². The SMILES string of the molecule is CC1(C)CC(=O)C2=C(C1)N=c1sc(=Cc3cccc([N+](=O)[O-])c3)c(=O)n1C2c1ccc(Br)cc1. The Hall–Kier alpha value is -3.17. The molecule has 1 atom stereocenters. The molecule has 0 spiro atoms. The van der Waals surface area contributed by atoms with Gasteiger partial charge in [-0.1, -0.05) is 65.4 Å². The molecular weight excluding hydrogens is 518 g/mol. The van der Waals surface area contributed by atoms with Crippen molar-refractivity contribution in [3.63, 3.8) is 0 Å². The summed E-state index contributed by atoms with van der Waals surface area (Å²) in [5.41, 5.74) is 2.18. The van der Waals surface area contributed by atoms with Crippen LogP contribution in [0.1, 0.15) is 43.9 Å². The molecule has 0 fully saturated rings. The largest absolute Gasteiger partial charge is 0.294 e. The molecule has 1 unspecified atom stereocenters. The van der Waals surface area contributed by atoms with E-state index < -0.39 is 11.0 Å². The van der Waals surface area contributed by atoms with Crippen LogP contribution in [-0.4, -0.2) is 15.3 Å². The van der Waals surface area contributed by atoms with Crippen molar-refractivity contribution in [1.82, 2.24) is 4.57 Å². The molecule has 2 heterocycles. The second-order valence-electron chi connectivity index (χ2n) is 9.29. The Morgan fingerprint density at radius 1 is 1.18 bits per heavy atom. The molecule has 172 valence electrons. The van der Waals surface area contributed by atoms with Gasteiger partial charge in [0.2, 0.25) is 0 Å². The number of carbonyl (C=O) groups is 1. The molecule has 0 N–H and O–H groups in total. The van der Waals surface area contributed by atoms with Crippen LogP contribution in [0.25, 0.3) is 6.08 Å². The first kappa shape index (κ1) is 22.6. The van der Waals surface area contributed by atoms with Crippen molar-refractivity contribution in [1.29, 1.82) is 0 Å². The molecule has 5 rings (SSSR count). The molecule has 3 aromatic rings. The maximum Gasteiger partial charge on any atom is 0.271 e. The van der Waals surface area contributed by atoms with E-state index in [0.717, 1.165) is 15.7 Å². The zero-order valence-corrected chi connectivity index (χ0v) is 20.9. The molecule has 34 heavy (non-hydrogen) atoms. The molecule has 1 aromatic heterocycles. The van der Waals surface area contributed by atoms with Crippen molar-refractivity contribution in [2.75, 3.05) is 0 Å². The molecule has 0 bridgehead atoms. The smallest absolute Gasteiger partial charge is 0.271 e. The Morgan fingerprint density at radius 3 is 2.62 bits per heavy atom. The predicted octanol–water partition coefficient (Wildman–Crippen LogP) is 4.28. The highest BCUT2D eigenvalue weighted by Crippen LogP contribution is 2.43. The normalized spacial score (nSPS) is 19.4. The summed E-state index contributed by atoms with van der Waals surface area (Å²) in [6.45, 7) is 4.10. The first-order chi connectivity index (χ1) is 16.1. The Kier molecular flexibility index (Phi) is 5.49. The molecular formula is C25H20BrN3O4S. The van der Waals surface area contributed by atoms with Gasteiger partial charge in [0.1, 0.15) is 0 Å². The van der Waals surface area contributed by atoms with Gasteiger partial charge in [0.05, 0.1) is 21.2 Å². The number of benzene rings is 2. The van der Waals surface area contributed by atoms with Gasteiger partial charge in [-0.2, -0.15) is 0 Å². The number of nitro benzene ring substituents is 1. The molecule has 7 nitrogen and oxygen atoms in total. The number of non-ortho nitro benzene ring substituents is 1. The van der Waals surface area contributed by atoms with Gasteiger partial charge in [-0.3, -0.25) is 24.3 Å². The van der Waals surface area contributed by atoms with Crippen molar-refractivity contribution in [3.8, 4) is 0 Å². The molecule has 9 heteroatoms. The fourth-order valence-corrected chi connectivity index (χ4v) is 5.87. The second-order valence-corrected chi connectivity index (χ2v) is 11.2. The summed E-state index contributed by atoms with van der Waals surface area (Å²) in [4.78, 5) is 42.9. The molecule has 2 aromatic carbocycles. The molecule has 0 amide bonds. The highest BCUT2D eigenvalue weighted by Gasteiger charge is 2.40. The topological polar surface area (TPSA) is 94.6 Å². The quantitative estimate of drug-likeness (QED) is 0.368. The zero-order chi connectivity index (χ0) is 24.2. The van der Waals surface area contributed by atoms with Gasteiger partial charge >= 0.3 is 0 Å². The van der Waals surface area contributed by atoms with Gasteiger partial charge in [0, 0.05) is 28.6 Å². The number of hydrogen-bond donors (Lipinski definition) is 0. The first-order valence-electron chi connectivity index (χ1n) is 10.7. The Bertz CT molecular complexity index is 1560. The number of thiazole rings is 1. The van der Waals surface area contributed by atoms with Gasteiger partial charge in [-0.15, -0.1) is 0 Å². The average Bonchev–Trinajstić information content (AvgIpc) is 3.07. The number of rotatable bonds is 3. The molecule has 0 saturated carbocycles. The minimum atomic E-state index is -0.560. The monoisotopic (exact) mass is 537 g/mol. The zero-order valence-electron chi connectivity index (χ0n) is 18.4. The van der Waals surface area contributed by atoms with Crippen molar-refractivity contribution < 1.29 is 9.72 Å². The Labute approximate surface area is 207 Å². The van der Waals surface area contributed by atoms with Crippen molar-refractivity contribution in [2.45, 2.75) is 32.7 Å². The highest BCUT2D eigenvalue weighted by atomic mass is 79.9. The van der Waals surface area contributed by atoms with E-state index in [2.05, 4.69) is 29.8 Å². The van der Waals surface area contributed by atoms with Crippen LogP contribution in [0, 0.1) is 15.5 Å². The minimum Gasteiger partial charge on any atom is -0.294 e. The van der Waals surface area contributed by atoms with Crippen LogP contribution in [0.2, 0.25) is 0 Å². The summed E-state index contributed by atoms with van der Waals surface area (Å²) in [5.74, 6) is 0.0101. The number of carbonyl (C=O) groups excluding carboxylic acids is 1. The first-order valence-corrected chi connectivity index (χ1v) is 12.3. The lowest BCUT2D eigenvalue weighted by atomic mass is 9.73. The maximum atomic E-state index is 13.6. The van der Waals surface area contributed by atoms with Crippen LogP contribution >= 0.6 is 27.3 Å². The van der Waals surface area contributed by atoms with Crippen LogP contribution in [-0.2, 0) is 4.79 Å². The van der Waals surface area contributed by atoms with Crippen molar-refractivity contribution in [3.05, 3.63) is 105 Å². The third kappa shape index (κ3) is 3.99. The summed E-state index contributed by atoms with van der Waals surface area (Å²) >= 11 is 4.68. The number of allylic oxidation sites excluding steroid dienone is 2. The van der Waals surface area contributed by atoms with Gasteiger partial charge in [0.15, 0.2) is 10.6 Å². The number of hydrogen-bond acceptors (Lipinski definition) is 6. The number of nitrogens with zero attached hydrogens (tertiary/aromatic N) is 3. The van der Waals surface area contributed by atoms with Crippen molar-refractivity contribution >= 4 is 44.8 Å². The molecule has 0 radical (unpaired) electrons. The number of nitro groups is 1. The summed E-state index contributed by atoms with van der Waals surface area (Å²) < 4.78 is 2.90. The summed E-state index contributed by atoms with van der Waals surface area (Å²) in [6, 6.07) is 13.2. The van der Waals surface area contributed by atoms with E-state index in [1.165, 1.54) is 23.5 Å². The lowest BCUT2D eigenvalue weighted by molar-refractivity contribution is -0.384. The van der Waals surface area contributed by atoms with Gasteiger partial charge in [0.25, 0.3) is 11.2 Å². The summed E-state index contributed by atoms with van der Waals surface area (Å²) in [7, 11) is 0. The van der Waals surface area contributed by atoms with E-state index >= 15 is 0 Å². The van der Waals surface area contributed by atoms with E-state index in [4.69, 9.17) is 4.99 Å². The standard InChI is InChI=1S/C25H20BrN3O4S/c1-25(2)12-18-21(19(30)13-25)22(15-6-8-16(26)9-7-15)28-23(31)20(34-24(28)27-18)11-14-4-3-5-17(10-14)29(32)33/h3-11,22H,12-13H2,1-2H3. The van der Waals surface area contributed by atoms with Gasteiger partial charge in [-0.05, 0) is 41.2 Å². The maximum absolute atomic E-state index is 13.6. The van der Waals surface area contributed by atoms with Crippen LogP contribution in [0.5, 0.6) is 0 Å². The van der Waals surface area contributed by atoms with Crippen LogP contribution in [0.15, 0.2) is 74.1 Å². The lowest BCUT2D eigenvalue weighted by Gasteiger charge is -2.35. The van der Waals surface area contributed by atoms with Crippen LogP contribution in [0.4, 0.5) is 5.69 Å². The summed E-state index contributed by atoms with van der Waals surface area (Å²) in [5, 5.41) is 11.2. The number of Topliss-reactive ketones (excluding diaryl/α,β-unsaturated/α-hetero) is 1. The van der Waals surface area contributed by atoms with Gasteiger partial charge < -0.3 is 0 Å². The van der Waals surface area contributed by atoms with E-state index in [0.29, 0.717) is 33.3 Å². The Balaban J connectivity index is 1.75. The van der Waals surface area contributed by atoms with E-state index in [1.54, 1.807) is 22.8 Å². The lowest BCUT2D eigenvalue weighted by Crippen LogP contribution is -2.42. The van der Waals surface area contributed by atoms with E-state index in [-0.39, 0.29) is 22.4 Å². The van der Waals surface area contributed by atoms with Crippen LogP contribution < -0.4 is 14.9 Å². The molecule has 1 aliphatic heterocycles. The number of halogens is 1. The van der Waals surface area contributed by atoms with Crippen molar-refractivity contribution in [2.24, 2.45) is 10.4 Å². The number of aromatic nitrogens is 1. The fourth-order valence-electron chi connectivity index (χ4n) is 4.59. The minimum absolute atomic E-state index is 0.0101. The second kappa shape index (κ2) is 8.25. The molecule has 1 aliphatic carbocycles. The molecule has 0 saturated heterocycles. The third-order valence-electron chi connectivity index (χ3n) is 6.06. The number of ketones is 1. The fraction of sp³-hybridized carbons (Fsp3) is 0.240. The molecule has 2 aliphatic rings. The van der Waals surface area contributed by atoms with Crippen LogP contribution in [0.3, 0.4) is 0 Å². The Morgan fingerprint density at radius 2 is 1.91 bits per heavy atom. The average molecular weight is 538 g/mol. The summed E-state index contributed by atoms with van der Waals surface area (Å²) in [6.07, 6.45) is 2.69. The van der Waals surface area contributed by atoms with E-state index in [1.807, 2.05) is 24.3 Å². The highest BCUT2D eigenvalue weighted by molar-refractivity contribution is 9.10. The number of fused-ring (bicyclic) bond motifs is 1.